The summed E-state index contributed by atoms with van der Waals surface area (Å²) in [5, 5.41) is 9.13. The minimum Gasteiger partial charge on any atom is -0.493 e. The van der Waals surface area contributed by atoms with Crippen molar-refractivity contribution in [2.45, 2.75) is 13.3 Å². The van der Waals surface area contributed by atoms with Gasteiger partial charge in [-0.15, -0.1) is 0 Å². The number of benzene rings is 1. The topological polar surface area (TPSA) is 68.7 Å². The number of hydrogen-bond donors (Lipinski definition) is 1. The van der Waals surface area contributed by atoms with Crippen molar-refractivity contribution < 1.29 is 19.4 Å². The van der Waals surface area contributed by atoms with Crippen LogP contribution in [0.5, 0.6) is 11.5 Å². The highest BCUT2D eigenvalue weighted by Gasteiger charge is 2.13. The van der Waals surface area contributed by atoms with E-state index in [1.807, 2.05) is 19.1 Å². The maximum absolute atomic E-state index is 11.1. The van der Waals surface area contributed by atoms with Crippen molar-refractivity contribution in [1.29, 1.82) is 0 Å². The zero-order valence-electron chi connectivity index (χ0n) is 12.2. The van der Waals surface area contributed by atoms with Gasteiger partial charge in [-0.1, -0.05) is 6.92 Å². The number of aromatic carboxylic acids is 1. The van der Waals surface area contributed by atoms with E-state index in [2.05, 4.69) is 4.98 Å². The lowest BCUT2D eigenvalue weighted by atomic mass is 10.1. The Morgan fingerprint density at radius 3 is 2.43 bits per heavy atom. The number of aryl methyl sites for hydroxylation is 1. The standard InChI is InChI=1S/C16H17NO4/c1-4-12-11(16(18)19)6-7-13(17-12)10-5-8-14(20-2)15(9-10)21-3/h5-9H,4H2,1-3H3,(H,18,19). The van der Waals surface area contributed by atoms with E-state index in [4.69, 9.17) is 14.6 Å². The van der Waals surface area contributed by atoms with Crippen LogP contribution in [0.1, 0.15) is 23.0 Å². The second-order valence-corrected chi connectivity index (χ2v) is 4.42. The number of carboxylic acids is 1. The van der Waals surface area contributed by atoms with Crippen molar-refractivity contribution in [3.63, 3.8) is 0 Å². The van der Waals surface area contributed by atoms with Gasteiger partial charge in [0, 0.05) is 5.56 Å². The van der Waals surface area contributed by atoms with Crippen LogP contribution in [-0.2, 0) is 6.42 Å². The molecule has 2 aromatic rings. The lowest BCUT2D eigenvalue weighted by molar-refractivity contribution is 0.0695. The quantitative estimate of drug-likeness (QED) is 0.915. The van der Waals surface area contributed by atoms with Gasteiger partial charge in [0.1, 0.15) is 0 Å². The average molecular weight is 287 g/mol. The molecule has 0 atom stereocenters. The third kappa shape index (κ3) is 2.97. The van der Waals surface area contributed by atoms with E-state index in [0.29, 0.717) is 29.3 Å². The number of nitrogens with zero attached hydrogens (tertiary/aromatic N) is 1. The van der Waals surface area contributed by atoms with Crippen molar-refractivity contribution >= 4 is 5.97 Å². The molecule has 21 heavy (non-hydrogen) atoms. The highest BCUT2D eigenvalue weighted by atomic mass is 16.5. The fraction of sp³-hybridized carbons (Fsp3) is 0.250. The molecule has 0 radical (unpaired) electrons. The van der Waals surface area contributed by atoms with Crippen LogP contribution in [0.2, 0.25) is 0 Å². The molecule has 110 valence electrons. The number of aromatic nitrogens is 1. The minimum atomic E-state index is -0.960. The van der Waals surface area contributed by atoms with E-state index >= 15 is 0 Å². The molecule has 5 nitrogen and oxygen atoms in total. The van der Waals surface area contributed by atoms with Gasteiger partial charge >= 0.3 is 5.97 Å². The van der Waals surface area contributed by atoms with Gasteiger partial charge in [-0.3, -0.25) is 4.98 Å². The summed E-state index contributed by atoms with van der Waals surface area (Å²) in [5.41, 5.74) is 2.36. The molecule has 1 aromatic heterocycles. The number of pyridine rings is 1. The van der Waals surface area contributed by atoms with E-state index in [1.54, 1.807) is 32.4 Å². The lowest BCUT2D eigenvalue weighted by Gasteiger charge is -2.10. The van der Waals surface area contributed by atoms with Gasteiger partial charge in [0.15, 0.2) is 11.5 Å². The molecule has 0 saturated heterocycles. The van der Waals surface area contributed by atoms with E-state index < -0.39 is 5.97 Å². The number of carboxylic acid groups (broad SMARTS) is 1. The van der Waals surface area contributed by atoms with Crippen molar-refractivity contribution in [1.82, 2.24) is 4.98 Å². The molecule has 0 amide bonds. The molecule has 0 fully saturated rings. The Labute approximate surface area is 123 Å². The van der Waals surface area contributed by atoms with Gasteiger partial charge in [-0.2, -0.15) is 0 Å². The predicted octanol–water partition coefficient (Wildman–Crippen LogP) is 3.03. The van der Waals surface area contributed by atoms with Crippen LogP contribution in [0.25, 0.3) is 11.3 Å². The molecule has 5 heteroatoms. The summed E-state index contributed by atoms with van der Waals surface area (Å²) in [6.45, 7) is 1.88. The van der Waals surface area contributed by atoms with E-state index in [9.17, 15) is 4.79 Å². The van der Waals surface area contributed by atoms with Gasteiger partial charge in [0.25, 0.3) is 0 Å². The summed E-state index contributed by atoms with van der Waals surface area (Å²) < 4.78 is 10.5. The number of methoxy groups -OCH3 is 2. The van der Waals surface area contributed by atoms with Gasteiger partial charge < -0.3 is 14.6 Å². The summed E-state index contributed by atoms with van der Waals surface area (Å²) in [7, 11) is 3.15. The van der Waals surface area contributed by atoms with Crippen LogP contribution >= 0.6 is 0 Å². The number of rotatable bonds is 5. The summed E-state index contributed by atoms with van der Waals surface area (Å²) in [6, 6.07) is 8.77. The van der Waals surface area contributed by atoms with Crippen LogP contribution < -0.4 is 9.47 Å². The van der Waals surface area contributed by atoms with E-state index in [0.717, 1.165) is 5.56 Å². The van der Waals surface area contributed by atoms with Gasteiger partial charge in [-0.05, 0) is 36.8 Å². The molecule has 1 N–H and O–H groups in total. The summed E-state index contributed by atoms with van der Waals surface area (Å²) in [6.07, 6.45) is 0.558. The van der Waals surface area contributed by atoms with Crippen LogP contribution in [0.15, 0.2) is 30.3 Å². The fourth-order valence-corrected chi connectivity index (χ4v) is 2.12. The van der Waals surface area contributed by atoms with Crippen LogP contribution in [0, 0.1) is 0 Å². The van der Waals surface area contributed by atoms with Crippen molar-refractivity contribution in [3.05, 3.63) is 41.6 Å². The summed E-state index contributed by atoms with van der Waals surface area (Å²) in [4.78, 5) is 15.6. The smallest absolute Gasteiger partial charge is 0.337 e. The molecule has 0 saturated carbocycles. The molecule has 1 aromatic carbocycles. The number of hydrogen-bond acceptors (Lipinski definition) is 4. The molecule has 0 aliphatic heterocycles. The Kier molecular flexibility index (Phi) is 4.42. The first-order valence-corrected chi connectivity index (χ1v) is 6.56. The van der Waals surface area contributed by atoms with Gasteiger partial charge in [-0.25, -0.2) is 4.79 Å². The largest absolute Gasteiger partial charge is 0.493 e. The van der Waals surface area contributed by atoms with Crippen LogP contribution in [-0.4, -0.2) is 30.3 Å². The van der Waals surface area contributed by atoms with Gasteiger partial charge in [0.2, 0.25) is 0 Å². The van der Waals surface area contributed by atoms with E-state index in [1.165, 1.54) is 0 Å². The first kappa shape index (κ1) is 14.8. The zero-order valence-corrected chi connectivity index (χ0v) is 12.2. The molecule has 0 spiro atoms. The maximum atomic E-state index is 11.1. The fourth-order valence-electron chi connectivity index (χ4n) is 2.12. The molecule has 0 aliphatic carbocycles. The monoisotopic (exact) mass is 287 g/mol. The molecule has 0 aliphatic rings. The average Bonchev–Trinajstić information content (AvgIpc) is 2.53. The van der Waals surface area contributed by atoms with Gasteiger partial charge in [0.05, 0.1) is 31.2 Å². The molecule has 2 rings (SSSR count). The highest BCUT2D eigenvalue weighted by Crippen LogP contribution is 2.31. The van der Waals surface area contributed by atoms with Crippen molar-refractivity contribution in [3.8, 4) is 22.8 Å². The van der Waals surface area contributed by atoms with Crippen molar-refractivity contribution in [2.75, 3.05) is 14.2 Å². The second kappa shape index (κ2) is 6.26. The Morgan fingerprint density at radius 1 is 1.14 bits per heavy atom. The summed E-state index contributed by atoms with van der Waals surface area (Å²) in [5.74, 6) is 0.287. The third-order valence-corrected chi connectivity index (χ3v) is 3.22. The number of ether oxygens (including phenoxy) is 2. The first-order chi connectivity index (χ1) is 10.1. The summed E-state index contributed by atoms with van der Waals surface area (Å²) >= 11 is 0. The Balaban J connectivity index is 2.49. The molecule has 0 unspecified atom stereocenters. The third-order valence-electron chi connectivity index (χ3n) is 3.22. The number of carbonyl (C=O) groups is 1. The second-order valence-electron chi connectivity index (χ2n) is 4.42. The Hall–Kier alpha value is -2.56. The first-order valence-electron chi connectivity index (χ1n) is 6.56. The minimum absolute atomic E-state index is 0.238. The van der Waals surface area contributed by atoms with Crippen LogP contribution in [0.3, 0.4) is 0 Å². The molecular formula is C16H17NO4. The predicted molar refractivity (Wildman–Crippen MR) is 79.1 cm³/mol. The maximum Gasteiger partial charge on any atom is 0.337 e. The highest BCUT2D eigenvalue weighted by molar-refractivity contribution is 5.89. The van der Waals surface area contributed by atoms with Crippen molar-refractivity contribution in [2.24, 2.45) is 0 Å². The Bertz CT molecular complexity index is 667. The molecule has 1 heterocycles. The normalized spacial score (nSPS) is 10.2. The zero-order chi connectivity index (χ0) is 15.4. The molecular weight excluding hydrogens is 270 g/mol. The SMILES string of the molecule is CCc1nc(-c2ccc(OC)c(OC)c2)ccc1C(=O)O. The molecule has 0 bridgehead atoms. The Morgan fingerprint density at radius 2 is 1.86 bits per heavy atom. The van der Waals surface area contributed by atoms with E-state index in [-0.39, 0.29) is 5.56 Å². The van der Waals surface area contributed by atoms with Crippen LogP contribution in [0.4, 0.5) is 0 Å². The lowest BCUT2D eigenvalue weighted by Crippen LogP contribution is -2.04.